The molecule has 1 aromatic heterocycles. The van der Waals surface area contributed by atoms with Crippen LogP contribution in [-0.2, 0) is 4.74 Å². The zero-order valence-electron chi connectivity index (χ0n) is 11.0. The van der Waals surface area contributed by atoms with Crippen LogP contribution in [0.3, 0.4) is 0 Å². The van der Waals surface area contributed by atoms with Crippen LogP contribution < -0.4 is 5.32 Å². The smallest absolute Gasteiger partial charge is 0.232 e. The van der Waals surface area contributed by atoms with Crippen LogP contribution in [0.5, 0.6) is 0 Å². The Morgan fingerprint density at radius 1 is 1.35 bits per heavy atom. The van der Waals surface area contributed by atoms with Crippen molar-refractivity contribution in [3.8, 4) is 17.5 Å². The quantitative estimate of drug-likeness (QED) is 0.924. The van der Waals surface area contributed by atoms with Crippen molar-refractivity contribution in [3.63, 3.8) is 0 Å². The Morgan fingerprint density at radius 3 is 2.90 bits per heavy atom. The molecule has 0 aliphatic carbocycles. The van der Waals surface area contributed by atoms with Crippen LogP contribution in [-0.4, -0.2) is 24.2 Å². The summed E-state index contributed by atoms with van der Waals surface area (Å²) in [6.07, 6.45) is 2.31. The summed E-state index contributed by atoms with van der Waals surface area (Å²) in [5.74, 6) is 0.874. The Labute approximate surface area is 117 Å². The Bertz CT molecular complexity index is 610. The lowest BCUT2D eigenvalue weighted by Gasteiger charge is -2.09. The molecule has 5 heteroatoms. The predicted octanol–water partition coefficient (Wildman–Crippen LogP) is 2.80. The molecule has 1 aliphatic heterocycles. The summed E-state index contributed by atoms with van der Waals surface area (Å²) in [6, 6.07) is 11.6. The first-order valence-electron chi connectivity index (χ1n) is 6.68. The van der Waals surface area contributed by atoms with Crippen LogP contribution in [0.1, 0.15) is 18.5 Å². The number of benzene rings is 1. The average molecular weight is 269 g/mol. The van der Waals surface area contributed by atoms with Gasteiger partial charge >= 0.3 is 0 Å². The monoisotopic (exact) mass is 269 g/mol. The molecule has 1 aromatic carbocycles. The minimum absolute atomic E-state index is 0.187. The van der Waals surface area contributed by atoms with Crippen LogP contribution in [0.2, 0.25) is 0 Å². The largest absolute Gasteiger partial charge is 0.419 e. The first-order chi connectivity index (χ1) is 9.86. The molecular formula is C15H15N3O2. The maximum Gasteiger partial charge on any atom is 0.232 e. The van der Waals surface area contributed by atoms with Gasteiger partial charge in [-0.2, -0.15) is 10.2 Å². The Hall–Kier alpha value is -2.32. The van der Waals surface area contributed by atoms with Gasteiger partial charge in [0.05, 0.1) is 6.10 Å². The topological polar surface area (TPSA) is 71.1 Å². The Kier molecular flexibility index (Phi) is 3.66. The second kappa shape index (κ2) is 5.76. The minimum Gasteiger partial charge on any atom is -0.419 e. The van der Waals surface area contributed by atoms with Gasteiger partial charge in [-0.05, 0) is 25.0 Å². The van der Waals surface area contributed by atoms with E-state index in [9.17, 15) is 0 Å². The van der Waals surface area contributed by atoms with Gasteiger partial charge in [0.2, 0.25) is 17.5 Å². The molecule has 0 bridgehead atoms. The number of aromatic nitrogens is 1. The third kappa shape index (κ3) is 2.65. The standard InChI is InChI=1S/C15H15N3O2/c16-9-13-15(17-10-12-7-4-8-19-12)20-14(18-13)11-5-2-1-3-6-11/h1-3,5-6,12,17H,4,7-8,10H2/t12-/m0/s1. The average Bonchev–Trinajstić information content (AvgIpc) is 3.15. The number of oxazole rings is 1. The van der Waals surface area contributed by atoms with E-state index in [1.54, 1.807) is 0 Å². The third-order valence-electron chi connectivity index (χ3n) is 3.27. The fourth-order valence-corrected chi connectivity index (χ4v) is 2.23. The van der Waals surface area contributed by atoms with Crippen LogP contribution in [0.25, 0.3) is 11.5 Å². The zero-order chi connectivity index (χ0) is 13.8. The van der Waals surface area contributed by atoms with Crippen molar-refractivity contribution in [1.29, 1.82) is 5.26 Å². The lowest BCUT2D eigenvalue weighted by Crippen LogP contribution is -2.18. The van der Waals surface area contributed by atoms with Crippen LogP contribution >= 0.6 is 0 Å². The SMILES string of the molecule is N#Cc1nc(-c2ccccc2)oc1NC[C@@H]1CCCO1. The van der Waals surface area contributed by atoms with Crippen molar-refractivity contribution in [3.05, 3.63) is 36.0 Å². The molecule has 0 saturated carbocycles. The van der Waals surface area contributed by atoms with Crippen LogP contribution in [0, 0.1) is 11.3 Å². The van der Waals surface area contributed by atoms with Crippen molar-refractivity contribution in [2.24, 2.45) is 0 Å². The van der Waals surface area contributed by atoms with Crippen molar-refractivity contribution in [1.82, 2.24) is 4.98 Å². The molecule has 5 nitrogen and oxygen atoms in total. The van der Waals surface area contributed by atoms with Gasteiger partial charge in [-0.25, -0.2) is 0 Å². The van der Waals surface area contributed by atoms with Crippen molar-refractivity contribution in [2.45, 2.75) is 18.9 Å². The molecule has 102 valence electrons. The van der Waals surface area contributed by atoms with E-state index < -0.39 is 0 Å². The fourth-order valence-electron chi connectivity index (χ4n) is 2.23. The molecular weight excluding hydrogens is 254 g/mol. The molecule has 0 radical (unpaired) electrons. The molecule has 1 fully saturated rings. The summed E-state index contributed by atoms with van der Waals surface area (Å²) in [5, 5.41) is 12.2. The number of nitrogens with one attached hydrogen (secondary N) is 1. The van der Waals surface area contributed by atoms with Crippen molar-refractivity contribution < 1.29 is 9.15 Å². The van der Waals surface area contributed by atoms with Gasteiger partial charge in [0.15, 0.2) is 0 Å². The number of anilines is 1. The first kappa shape index (κ1) is 12.7. The lowest BCUT2D eigenvalue weighted by molar-refractivity contribution is 0.120. The summed E-state index contributed by atoms with van der Waals surface area (Å²) in [5.41, 5.74) is 1.14. The van der Waals surface area contributed by atoms with Gasteiger partial charge in [-0.3, -0.25) is 0 Å². The van der Waals surface area contributed by atoms with Gasteiger partial charge in [-0.1, -0.05) is 18.2 Å². The number of rotatable bonds is 4. The summed E-state index contributed by atoms with van der Waals surface area (Å²) in [4.78, 5) is 4.21. The highest BCUT2D eigenvalue weighted by molar-refractivity contribution is 5.58. The highest BCUT2D eigenvalue weighted by Crippen LogP contribution is 2.25. The third-order valence-corrected chi connectivity index (χ3v) is 3.27. The second-order valence-electron chi connectivity index (χ2n) is 4.69. The van der Waals surface area contributed by atoms with E-state index in [0.29, 0.717) is 18.3 Å². The highest BCUT2D eigenvalue weighted by Gasteiger charge is 2.18. The molecule has 1 N–H and O–H groups in total. The predicted molar refractivity (Wildman–Crippen MR) is 74.1 cm³/mol. The number of nitrogens with zero attached hydrogens (tertiary/aromatic N) is 2. The van der Waals surface area contributed by atoms with E-state index in [1.165, 1.54) is 0 Å². The van der Waals surface area contributed by atoms with E-state index in [2.05, 4.69) is 16.4 Å². The van der Waals surface area contributed by atoms with E-state index in [0.717, 1.165) is 25.0 Å². The highest BCUT2D eigenvalue weighted by atomic mass is 16.5. The van der Waals surface area contributed by atoms with Gasteiger partial charge in [0.1, 0.15) is 6.07 Å². The summed E-state index contributed by atoms with van der Waals surface area (Å²) in [6.45, 7) is 1.45. The molecule has 0 unspecified atom stereocenters. The number of ether oxygens (including phenoxy) is 1. The van der Waals surface area contributed by atoms with Crippen LogP contribution in [0.4, 0.5) is 5.88 Å². The molecule has 1 atom stereocenters. The molecule has 3 rings (SSSR count). The van der Waals surface area contributed by atoms with E-state index >= 15 is 0 Å². The molecule has 0 amide bonds. The van der Waals surface area contributed by atoms with Gasteiger partial charge in [0.25, 0.3) is 0 Å². The van der Waals surface area contributed by atoms with Crippen molar-refractivity contribution >= 4 is 5.88 Å². The summed E-state index contributed by atoms with van der Waals surface area (Å²) in [7, 11) is 0. The van der Waals surface area contributed by atoms with E-state index in [4.69, 9.17) is 14.4 Å². The van der Waals surface area contributed by atoms with Gasteiger partial charge in [-0.15, -0.1) is 0 Å². The number of hydrogen-bond acceptors (Lipinski definition) is 5. The summed E-state index contributed by atoms with van der Waals surface area (Å²) < 4.78 is 11.2. The lowest BCUT2D eigenvalue weighted by atomic mass is 10.2. The number of hydrogen-bond donors (Lipinski definition) is 1. The molecule has 1 saturated heterocycles. The first-order valence-corrected chi connectivity index (χ1v) is 6.68. The molecule has 2 aromatic rings. The van der Waals surface area contributed by atoms with Crippen LogP contribution in [0.15, 0.2) is 34.7 Å². The summed E-state index contributed by atoms with van der Waals surface area (Å²) >= 11 is 0. The maximum atomic E-state index is 9.13. The molecule has 0 spiro atoms. The normalized spacial score (nSPS) is 17.9. The van der Waals surface area contributed by atoms with E-state index in [1.807, 2.05) is 30.3 Å². The number of nitriles is 1. The Morgan fingerprint density at radius 2 is 2.20 bits per heavy atom. The minimum atomic E-state index is 0.187. The fraction of sp³-hybridized carbons (Fsp3) is 0.333. The zero-order valence-corrected chi connectivity index (χ0v) is 11.0. The van der Waals surface area contributed by atoms with Crippen molar-refractivity contribution in [2.75, 3.05) is 18.5 Å². The van der Waals surface area contributed by atoms with E-state index in [-0.39, 0.29) is 11.8 Å². The maximum absolute atomic E-state index is 9.13. The molecule has 2 heterocycles. The molecule has 1 aliphatic rings. The van der Waals surface area contributed by atoms with Gasteiger partial charge in [0, 0.05) is 18.7 Å². The Balaban J connectivity index is 1.77. The van der Waals surface area contributed by atoms with Gasteiger partial charge < -0.3 is 14.5 Å². The molecule has 20 heavy (non-hydrogen) atoms. The second-order valence-corrected chi connectivity index (χ2v) is 4.69.